The number of phenolic OH excluding ortho intramolecular Hbond substituents is 1. The van der Waals surface area contributed by atoms with E-state index in [1.165, 1.54) is 18.2 Å². The molecule has 0 aliphatic rings. The number of benzene rings is 1. The number of amides is 3. The standard InChI is InChI=1S/C23H34N4O6/c1-5-6-7-12-25-20(30)19(16-9-8-10-17(29)14-16)27(13-11-24)21(31)18(15-28)26-22(32)33-23(2,3)4/h8-10,14,18-19,28-29H,5-7,12-13,15H2,1-4H3,(H,25,30)(H,26,32). The molecule has 2 atom stereocenters. The molecule has 0 aliphatic heterocycles. The van der Waals surface area contributed by atoms with Crippen molar-refractivity contribution in [2.75, 3.05) is 19.7 Å². The number of aromatic hydroxyl groups is 1. The molecule has 0 heterocycles. The van der Waals surface area contributed by atoms with E-state index in [9.17, 15) is 29.9 Å². The van der Waals surface area contributed by atoms with E-state index in [1.54, 1.807) is 26.8 Å². The summed E-state index contributed by atoms with van der Waals surface area (Å²) in [6, 6.07) is 4.94. The van der Waals surface area contributed by atoms with Crippen LogP contribution in [0.25, 0.3) is 0 Å². The Bertz CT molecular complexity index is 846. The van der Waals surface area contributed by atoms with Crippen LogP contribution in [-0.2, 0) is 14.3 Å². The number of nitriles is 1. The topological polar surface area (TPSA) is 152 Å². The summed E-state index contributed by atoms with van der Waals surface area (Å²) in [7, 11) is 0. The summed E-state index contributed by atoms with van der Waals surface area (Å²) in [4.78, 5) is 39.4. The van der Waals surface area contributed by atoms with Gasteiger partial charge in [0.05, 0.1) is 12.7 Å². The average molecular weight is 463 g/mol. The highest BCUT2D eigenvalue weighted by Crippen LogP contribution is 2.25. The summed E-state index contributed by atoms with van der Waals surface area (Å²) < 4.78 is 5.14. The lowest BCUT2D eigenvalue weighted by atomic mass is 10.0. The van der Waals surface area contributed by atoms with Gasteiger partial charge < -0.3 is 30.5 Å². The van der Waals surface area contributed by atoms with Gasteiger partial charge in [0.15, 0.2) is 0 Å². The lowest BCUT2D eigenvalue weighted by molar-refractivity contribution is -0.142. The molecule has 0 fully saturated rings. The maximum Gasteiger partial charge on any atom is 0.408 e. The number of aliphatic hydroxyl groups is 1. The van der Waals surface area contributed by atoms with Gasteiger partial charge in [-0.2, -0.15) is 5.26 Å². The van der Waals surface area contributed by atoms with Gasteiger partial charge in [0.1, 0.15) is 30.0 Å². The molecule has 10 nitrogen and oxygen atoms in total. The third-order valence-corrected chi connectivity index (χ3v) is 4.52. The van der Waals surface area contributed by atoms with Gasteiger partial charge in [-0.1, -0.05) is 31.9 Å². The van der Waals surface area contributed by atoms with E-state index in [0.29, 0.717) is 6.54 Å². The van der Waals surface area contributed by atoms with Crippen LogP contribution in [0, 0.1) is 11.3 Å². The molecule has 0 spiro atoms. The normalized spacial score (nSPS) is 12.7. The Hall–Kier alpha value is -3.32. The number of unbranched alkanes of at least 4 members (excludes halogenated alkanes) is 2. The smallest absolute Gasteiger partial charge is 0.408 e. The first-order valence-corrected chi connectivity index (χ1v) is 10.9. The lowest BCUT2D eigenvalue weighted by Gasteiger charge is -2.32. The molecule has 182 valence electrons. The van der Waals surface area contributed by atoms with Crippen LogP contribution in [0.5, 0.6) is 5.75 Å². The van der Waals surface area contributed by atoms with E-state index >= 15 is 0 Å². The first kappa shape index (κ1) is 27.7. The summed E-state index contributed by atoms with van der Waals surface area (Å²) in [6.07, 6.45) is 1.68. The predicted octanol–water partition coefficient (Wildman–Crippen LogP) is 1.98. The van der Waals surface area contributed by atoms with Crippen LogP contribution in [0.1, 0.15) is 58.6 Å². The average Bonchev–Trinajstić information content (AvgIpc) is 2.73. The highest BCUT2D eigenvalue weighted by Gasteiger charge is 2.36. The van der Waals surface area contributed by atoms with Crippen LogP contribution >= 0.6 is 0 Å². The second kappa shape index (κ2) is 13.3. The molecule has 0 radical (unpaired) electrons. The van der Waals surface area contributed by atoms with Gasteiger partial charge >= 0.3 is 6.09 Å². The number of carbonyl (C=O) groups excluding carboxylic acids is 3. The summed E-state index contributed by atoms with van der Waals surface area (Å²) in [5.41, 5.74) is -0.553. The zero-order valence-electron chi connectivity index (χ0n) is 19.6. The zero-order chi connectivity index (χ0) is 25.0. The fourth-order valence-corrected chi connectivity index (χ4v) is 3.06. The molecule has 4 N–H and O–H groups in total. The van der Waals surface area contributed by atoms with Gasteiger partial charge in [-0.05, 0) is 44.9 Å². The largest absolute Gasteiger partial charge is 0.508 e. The van der Waals surface area contributed by atoms with E-state index < -0.39 is 48.7 Å². The van der Waals surface area contributed by atoms with Crippen molar-refractivity contribution in [1.29, 1.82) is 5.26 Å². The Kier molecular flexibility index (Phi) is 11.2. The van der Waals surface area contributed by atoms with Crippen LogP contribution in [-0.4, -0.2) is 64.4 Å². The van der Waals surface area contributed by atoms with Gasteiger partial charge in [0.25, 0.3) is 0 Å². The minimum absolute atomic E-state index is 0.119. The van der Waals surface area contributed by atoms with Crippen molar-refractivity contribution in [3.8, 4) is 11.8 Å². The highest BCUT2D eigenvalue weighted by atomic mass is 16.6. The third kappa shape index (κ3) is 9.37. The molecule has 33 heavy (non-hydrogen) atoms. The molecule has 10 heteroatoms. The molecule has 0 aliphatic carbocycles. The van der Waals surface area contributed by atoms with Crippen LogP contribution < -0.4 is 10.6 Å². The third-order valence-electron chi connectivity index (χ3n) is 4.52. The van der Waals surface area contributed by atoms with E-state index in [2.05, 4.69) is 10.6 Å². The molecule has 0 aromatic heterocycles. The number of alkyl carbamates (subject to hydrolysis) is 1. The molecule has 3 amide bonds. The number of nitrogens with zero attached hydrogens (tertiary/aromatic N) is 2. The van der Waals surface area contributed by atoms with Gasteiger partial charge in [0.2, 0.25) is 11.8 Å². The number of carbonyl (C=O) groups is 3. The minimum Gasteiger partial charge on any atom is -0.508 e. The number of ether oxygens (including phenoxy) is 1. The minimum atomic E-state index is -1.44. The molecule has 0 saturated carbocycles. The van der Waals surface area contributed by atoms with Gasteiger partial charge in [-0.15, -0.1) is 0 Å². The first-order valence-electron chi connectivity index (χ1n) is 10.9. The quantitative estimate of drug-likeness (QED) is 0.290. The zero-order valence-corrected chi connectivity index (χ0v) is 19.6. The predicted molar refractivity (Wildman–Crippen MR) is 121 cm³/mol. The monoisotopic (exact) mass is 462 g/mol. The number of phenols is 1. The Labute approximate surface area is 194 Å². The van der Waals surface area contributed by atoms with E-state index in [1.807, 2.05) is 13.0 Å². The molecular weight excluding hydrogens is 428 g/mol. The van der Waals surface area contributed by atoms with Crippen molar-refractivity contribution in [2.24, 2.45) is 0 Å². The molecular formula is C23H34N4O6. The van der Waals surface area contributed by atoms with Gasteiger partial charge in [-0.25, -0.2) is 4.79 Å². The number of nitrogens with one attached hydrogen (secondary N) is 2. The Morgan fingerprint density at radius 1 is 1.24 bits per heavy atom. The van der Waals surface area contributed by atoms with E-state index in [-0.39, 0.29) is 11.3 Å². The van der Waals surface area contributed by atoms with Gasteiger partial charge in [-0.3, -0.25) is 9.59 Å². The Morgan fingerprint density at radius 2 is 1.94 bits per heavy atom. The number of rotatable bonds is 11. The Balaban J connectivity index is 3.24. The molecule has 0 bridgehead atoms. The van der Waals surface area contributed by atoms with Crippen molar-refractivity contribution in [2.45, 2.75) is 64.6 Å². The number of hydrogen-bond acceptors (Lipinski definition) is 7. The van der Waals surface area contributed by atoms with E-state index in [4.69, 9.17) is 4.74 Å². The summed E-state index contributed by atoms with van der Waals surface area (Å²) in [6.45, 7) is 6.06. The van der Waals surface area contributed by atoms with Crippen LogP contribution in [0.3, 0.4) is 0 Å². The van der Waals surface area contributed by atoms with Crippen molar-refractivity contribution < 1.29 is 29.3 Å². The molecule has 2 unspecified atom stereocenters. The Morgan fingerprint density at radius 3 is 2.48 bits per heavy atom. The van der Waals surface area contributed by atoms with Crippen LogP contribution in [0.2, 0.25) is 0 Å². The molecule has 0 saturated heterocycles. The lowest BCUT2D eigenvalue weighted by Crippen LogP contribution is -2.54. The number of aliphatic hydroxyl groups excluding tert-OH is 1. The molecule has 1 aromatic carbocycles. The van der Waals surface area contributed by atoms with Crippen molar-refractivity contribution >= 4 is 17.9 Å². The van der Waals surface area contributed by atoms with Crippen LogP contribution in [0.15, 0.2) is 24.3 Å². The SMILES string of the molecule is CCCCCNC(=O)C(c1cccc(O)c1)N(CC#N)C(=O)C(CO)NC(=O)OC(C)(C)C. The molecule has 1 aromatic rings. The van der Waals surface area contributed by atoms with Crippen molar-refractivity contribution in [3.63, 3.8) is 0 Å². The fraction of sp³-hybridized carbons (Fsp3) is 0.565. The molecule has 1 rings (SSSR count). The highest BCUT2D eigenvalue weighted by molar-refractivity contribution is 5.92. The van der Waals surface area contributed by atoms with E-state index in [0.717, 1.165) is 24.2 Å². The van der Waals surface area contributed by atoms with Crippen molar-refractivity contribution in [3.05, 3.63) is 29.8 Å². The maximum absolute atomic E-state index is 13.2. The number of hydrogen-bond donors (Lipinski definition) is 4. The maximum atomic E-state index is 13.2. The van der Waals surface area contributed by atoms with Crippen molar-refractivity contribution in [1.82, 2.24) is 15.5 Å². The second-order valence-corrected chi connectivity index (χ2v) is 8.50. The van der Waals surface area contributed by atoms with Crippen LogP contribution in [0.4, 0.5) is 4.79 Å². The summed E-state index contributed by atoms with van der Waals surface area (Å²) in [5, 5.41) is 34.1. The fourth-order valence-electron chi connectivity index (χ4n) is 3.06. The summed E-state index contributed by atoms with van der Waals surface area (Å²) >= 11 is 0. The van der Waals surface area contributed by atoms with Gasteiger partial charge in [0, 0.05) is 6.54 Å². The second-order valence-electron chi connectivity index (χ2n) is 8.50. The first-order chi connectivity index (χ1) is 15.5. The summed E-state index contributed by atoms with van der Waals surface area (Å²) in [5.74, 6) is -1.51.